The molecule has 5 nitrogen and oxygen atoms in total. The van der Waals surface area contributed by atoms with Gasteiger partial charge in [-0.05, 0) is 36.4 Å². The van der Waals surface area contributed by atoms with E-state index in [1.165, 1.54) is 0 Å². The largest absolute Gasteiger partial charge is 0.497 e. The Morgan fingerprint density at radius 1 is 0.963 bits per heavy atom. The Morgan fingerprint density at radius 3 is 2.26 bits per heavy atom. The average molecular weight is 385 g/mol. The first-order valence-corrected chi connectivity index (χ1v) is 10.6. The van der Waals surface area contributed by atoms with Crippen molar-refractivity contribution < 1.29 is 13.2 Å². The smallest absolute Gasteiger partial charge is 0.215 e. The van der Waals surface area contributed by atoms with Crippen LogP contribution in [0.4, 0.5) is 5.69 Å². The second-order valence-corrected chi connectivity index (χ2v) is 8.41. The maximum absolute atomic E-state index is 12.5. The van der Waals surface area contributed by atoms with Crippen LogP contribution in [-0.4, -0.2) is 51.8 Å². The van der Waals surface area contributed by atoms with Gasteiger partial charge in [0, 0.05) is 43.9 Å². The Hall–Kier alpha value is -2.49. The monoisotopic (exact) mass is 384 g/mol. The van der Waals surface area contributed by atoms with Crippen molar-refractivity contribution >= 4 is 15.7 Å². The minimum Gasteiger partial charge on any atom is -0.497 e. The van der Waals surface area contributed by atoms with Crippen LogP contribution in [0.3, 0.4) is 0 Å². The summed E-state index contributed by atoms with van der Waals surface area (Å²) in [6, 6.07) is 17.4. The van der Waals surface area contributed by atoms with Crippen LogP contribution in [0.15, 0.2) is 54.6 Å². The fourth-order valence-electron chi connectivity index (χ4n) is 3.01. The van der Waals surface area contributed by atoms with Gasteiger partial charge in [-0.15, -0.1) is 0 Å². The fraction of sp³-hybridized carbons (Fsp3) is 0.333. The maximum atomic E-state index is 12.5. The SMILES string of the molecule is COc1ccc(N2CCN(S(=O)(=O)CCC#Cc3ccccc3)CC2)cc1. The van der Waals surface area contributed by atoms with E-state index in [4.69, 9.17) is 4.74 Å². The topological polar surface area (TPSA) is 49.9 Å². The van der Waals surface area contributed by atoms with E-state index in [0.717, 1.165) is 17.0 Å². The highest BCUT2D eigenvalue weighted by Gasteiger charge is 2.26. The predicted molar refractivity (Wildman–Crippen MR) is 109 cm³/mol. The number of methoxy groups -OCH3 is 1. The average Bonchev–Trinajstić information content (AvgIpc) is 2.72. The van der Waals surface area contributed by atoms with Gasteiger partial charge >= 0.3 is 0 Å². The van der Waals surface area contributed by atoms with Gasteiger partial charge in [0.05, 0.1) is 12.9 Å². The van der Waals surface area contributed by atoms with Gasteiger partial charge in [0.15, 0.2) is 0 Å². The number of piperazine rings is 1. The summed E-state index contributed by atoms with van der Waals surface area (Å²) in [6.07, 6.45) is 0.343. The molecule has 0 saturated carbocycles. The number of sulfonamides is 1. The summed E-state index contributed by atoms with van der Waals surface area (Å²) in [5.41, 5.74) is 1.99. The zero-order chi connectivity index (χ0) is 19.1. The Kier molecular flexibility index (Phi) is 6.38. The molecule has 2 aromatic carbocycles. The molecule has 3 rings (SSSR count). The van der Waals surface area contributed by atoms with Gasteiger partial charge < -0.3 is 9.64 Å². The lowest BCUT2D eigenvalue weighted by Crippen LogP contribution is -2.49. The molecule has 1 heterocycles. The van der Waals surface area contributed by atoms with Gasteiger partial charge in [0.2, 0.25) is 10.0 Å². The molecule has 1 aliphatic heterocycles. The minimum absolute atomic E-state index is 0.0649. The Morgan fingerprint density at radius 2 is 1.63 bits per heavy atom. The van der Waals surface area contributed by atoms with Crippen molar-refractivity contribution in [3.63, 3.8) is 0 Å². The first-order chi connectivity index (χ1) is 13.1. The van der Waals surface area contributed by atoms with Gasteiger partial charge in [-0.2, -0.15) is 4.31 Å². The summed E-state index contributed by atoms with van der Waals surface area (Å²) >= 11 is 0. The number of hydrogen-bond acceptors (Lipinski definition) is 4. The van der Waals surface area contributed by atoms with Crippen LogP contribution < -0.4 is 9.64 Å². The van der Waals surface area contributed by atoms with E-state index in [0.29, 0.717) is 32.6 Å². The minimum atomic E-state index is -3.27. The molecule has 142 valence electrons. The lowest BCUT2D eigenvalue weighted by molar-refractivity contribution is 0.385. The molecule has 0 aromatic heterocycles. The molecule has 0 atom stereocenters. The van der Waals surface area contributed by atoms with Crippen LogP contribution in [0.2, 0.25) is 0 Å². The van der Waals surface area contributed by atoms with Crippen molar-refractivity contribution in [1.29, 1.82) is 0 Å². The molecule has 2 aromatic rings. The molecule has 0 unspecified atom stereocenters. The summed E-state index contributed by atoms with van der Waals surface area (Å²) in [7, 11) is -1.63. The van der Waals surface area contributed by atoms with E-state index in [1.54, 1.807) is 11.4 Å². The molecule has 0 bridgehead atoms. The molecule has 0 N–H and O–H groups in total. The lowest BCUT2D eigenvalue weighted by Gasteiger charge is -2.35. The third-order valence-electron chi connectivity index (χ3n) is 4.56. The molecule has 0 amide bonds. The lowest BCUT2D eigenvalue weighted by atomic mass is 10.2. The highest BCUT2D eigenvalue weighted by Crippen LogP contribution is 2.21. The van der Waals surface area contributed by atoms with Crippen LogP contribution in [-0.2, 0) is 10.0 Å². The van der Waals surface area contributed by atoms with E-state index >= 15 is 0 Å². The number of hydrogen-bond donors (Lipinski definition) is 0. The van der Waals surface area contributed by atoms with Crippen LogP contribution in [0.25, 0.3) is 0 Å². The summed E-state index contributed by atoms with van der Waals surface area (Å²) in [4.78, 5) is 2.20. The van der Waals surface area contributed by atoms with Crippen LogP contribution >= 0.6 is 0 Å². The second-order valence-electron chi connectivity index (χ2n) is 6.32. The fourth-order valence-corrected chi connectivity index (χ4v) is 4.35. The molecule has 6 heteroatoms. The van der Waals surface area contributed by atoms with Gasteiger partial charge in [-0.3, -0.25) is 0 Å². The number of ether oxygens (including phenoxy) is 1. The van der Waals surface area contributed by atoms with Gasteiger partial charge in [0.1, 0.15) is 5.75 Å². The molecular weight excluding hydrogens is 360 g/mol. The van der Waals surface area contributed by atoms with Crippen molar-refractivity contribution in [2.75, 3.05) is 43.9 Å². The third kappa shape index (κ3) is 5.25. The molecule has 27 heavy (non-hydrogen) atoms. The summed E-state index contributed by atoms with van der Waals surface area (Å²) in [5.74, 6) is 6.85. The van der Waals surface area contributed by atoms with Crippen molar-refractivity contribution in [2.45, 2.75) is 6.42 Å². The second kappa shape index (κ2) is 8.94. The number of nitrogens with zero attached hydrogens (tertiary/aromatic N) is 2. The molecule has 0 spiro atoms. The van der Waals surface area contributed by atoms with Crippen molar-refractivity contribution in [2.24, 2.45) is 0 Å². The summed E-state index contributed by atoms with van der Waals surface area (Å²) in [5, 5.41) is 0. The Balaban J connectivity index is 1.51. The summed E-state index contributed by atoms with van der Waals surface area (Å²) < 4.78 is 31.9. The summed E-state index contributed by atoms with van der Waals surface area (Å²) in [6.45, 7) is 2.36. The van der Waals surface area contributed by atoms with E-state index in [-0.39, 0.29) is 5.75 Å². The van der Waals surface area contributed by atoms with Crippen LogP contribution in [0.1, 0.15) is 12.0 Å². The maximum Gasteiger partial charge on any atom is 0.215 e. The standard InChI is InChI=1S/C21H24N2O3S/c1-26-21-12-10-20(11-13-21)22-14-16-23(17-15-22)27(24,25)18-6-5-9-19-7-3-2-4-8-19/h2-4,7-8,10-13H,6,14-18H2,1H3. The Bertz CT molecular complexity index is 892. The van der Waals surface area contributed by atoms with Crippen molar-refractivity contribution in [1.82, 2.24) is 4.31 Å². The molecule has 0 aliphatic carbocycles. The normalized spacial score (nSPS) is 15.1. The molecule has 1 aliphatic rings. The highest BCUT2D eigenvalue weighted by molar-refractivity contribution is 7.89. The third-order valence-corrected chi connectivity index (χ3v) is 6.43. The van der Waals surface area contributed by atoms with E-state index < -0.39 is 10.0 Å². The van der Waals surface area contributed by atoms with E-state index in [1.807, 2.05) is 54.6 Å². The van der Waals surface area contributed by atoms with Gasteiger partial charge in [-0.25, -0.2) is 8.42 Å². The molecule has 1 fully saturated rings. The highest BCUT2D eigenvalue weighted by atomic mass is 32.2. The van der Waals surface area contributed by atoms with Crippen LogP contribution in [0.5, 0.6) is 5.75 Å². The van der Waals surface area contributed by atoms with E-state index in [9.17, 15) is 8.42 Å². The van der Waals surface area contributed by atoms with Crippen LogP contribution in [0, 0.1) is 11.8 Å². The zero-order valence-electron chi connectivity index (χ0n) is 15.5. The Labute approximate surface area is 161 Å². The first kappa shape index (κ1) is 19.3. The molecule has 1 saturated heterocycles. The quantitative estimate of drug-likeness (QED) is 0.744. The van der Waals surface area contributed by atoms with Gasteiger partial charge in [0.25, 0.3) is 0 Å². The van der Waals surface area contributed by atoms with Crippen molar-refractivity contribution in [3.8, 4) is 17.6 Å². The number of anilines is 1. The predicted octanol–water partition coefficient (Wildman–Crippen LogP) is 2.59. The van der Waals surface area contributed by atoms with Crippen molar-refractivity contribution in [3.05, 3.63) is 60.2 Å². The number of rotatable bonds is 5. The first-order valence-electron chi connectivity index (χ1n) is 8.99. The van der Waals surface area contributed by atoms with E-state index in [2.05, 4.69) is 16.7 Å². The number of benzene rings is 2. The zero-order valence-corrected chi connectivity index (χ0v) is 16.3. The molecule has 0 radical (unpaired) electrons. The molecular formula is C21H24N2O3S. The van der Waals surface area contributed by atoms with Gasteiger partial charge in [-0.1, -0.05) is 30.0 Å².